The molecule has 1 atom stereocenters. The van der Waals surface area contributed by atoms with Crippen molar-refractivity contribution < 1.29 is 19.8 Å². The van der Waals surface area contributed by atoms with Crippen LogP contribution in [0.25, 0.3) is 0 Å². The number of nitrogens with zero attached hydrogens (tertiary/aromatic N) is 1. The van der Waals surface area contributed by atoms with Crippen LogP contribution in [-0.4, -0.2) is 34.4 Å². The van der Waals surface area contributed by atoms with Gasteiger partial charge in [-0.1, -0.05) is 18.2 Å². The molecule has 0 saturated heterocycles. The third kappa shape index (κ3) is 3.69. The minimum atomic E-state index is -1.16. The van der Waals surface area contributed by atoms with E-state index in [2.05, 4.69) is 10.5 Å². The fraction of sp³-hybridized carbons (Fsp3) is 0.182. The lowest BCUT2D eigenvalue weighted by molar-refractivity contribution is -0.128. The van der Waals surface area contributed by atoms with E-state index in [1.807, 2.05) is 0 Å². The Kier molecular flexibility index (Phi) is 4.36. The maximum absolute atomic E-state index is 11.0. The number of carbonyl (C=O) groups is 2. The van der Waals surface area contributed by atoms with Gasteiger partial charge in [0.2, 0.25) is 0 Å². The summed E-state index contributed by atoms with van der Waals surface area (Å²) in [5.74, 6) is -1.73. The monoisotopic (exact) mass is 236 g/mol. The van der Waals surface area contributed by atoms with Gasteiger partial charge in [0.1, 0.15) is 6.10 Å². The Morgan fingerprint density at radius 3 is 2.65 bits per heavy atom. The number of hydrogen-bond acceptors (Lipinski definition) is 4. The molecule has 1 aromatic rings. The highest BCUT2D eigenvalue weighted by atomic mass is 16.4. The van der Waals surface area contributed by atoms with Crippen molar-refractivity contribution in [1.29, 1.82) is 0 Å². The molecule has 6 nitrogen and oxygen atoms in total. The zero-order valence-corrected chi connectivity index (χ0v) is 9.12. The van der Waals surface area contributed by atoms with Crippen molar-refractivity contribution in [2.75, 3.05) is 0 Å². The van der Waals surface area contributed by atoms with Gasteiger partial charge in [-0.05, 0) is 13.0 Å². The van der Waals surface area contributed by atoms with E-state index in [9.17, 15) is 9.59 Å². The molecular weight excluding hydrogens is 224 g/mol. The topological polar surface area (TPSA) is 99.0 Å². The summed E-state index contributed by atoms with van der Waals surface area (Å²) in [6.45, 7) is 1.30. The lowest BCUT2D eigenvalue weighted by Crippen LogP contribution is -2.28. The van der Waals surface area contributed by atoms with Crippen molar-refractivity contribution in [2.45, 2.75) is 13.0 Å². The summed E-state index contributed by atoms with van der Waals surface area (Å²) >= 11 is 0. The Hall–Kier alpha value is -2.21. The fourth-order valence-electron chi connectivity index (χ4n) is 1.06. The summed E-state index contributed by atoms with van der Waals surface area (Å²) in [4.78, 5) is 21.8. The van der Waals surface area contributed by atoms with Gasteiger partial charge >= 0.3 is 5.97 Å². The van der Waals surface area contributed by atoms with Crippen LogP contribution < -0.4 is 5.43 Å². The van der Waals surface area contributed by atoms with E-state index in [-0.39, 0.29) is 5.56 Å². The zero-order chi connectivity index (χ0) is 12.8. The predicted octanol–water partition coefficient (Wildman–Crippen LogP) is 0.216. The molecule has 0 bridgehead atoms. The lowest BCUT2D eigenvalue weighted by Gasteiger charge is -2.02. The number of nitrogens with one attached hydrogen (secondary N) is 1. The van der Waals surface area contributed by atoms with Crippen molar-refractivity contribution in [3.05, 3.63) is 35.4 Å². The number of benzene rings is 1. The van der Waals surface area contributed by atoms with Gasteiger partial charge in [-0.2, -0.15) is 5.10 Å². The van der Waals surface area contributed by atoms with Crippen LogP contribution in [0.3, 0.4) is 0 Å². The molecule has 0 aromatic heterocycles. The molecule has 17 heavy (non-hydrogen) atoms. The highest BCUT2D eigenvalue weighted by Crippen LogP contribution is 2.05. The molecule has 0 heterocycles. The molecule has 90 valence electrons. The molecule has 1 aromatic carbocycles. The largest absolute Gasteiger partial charge is 0.478 e. The number of hydrogen-bond donors (Lipinski definition) is 3. The molecule has 0 saturated carbocycles. The number of rotatable bonds is 4. The van der Waals surface area contributed by atoms with Crippen LogP contribution in [0.2, 0.25) is 0 Å². The second-order valence-electron chi connectivity index (χ2n) is 3.30. The van der Waals surface area contributed by atoms with E-state index >= 15 is 0 Å². The fourth-order valence-corrected chi connectivity index (χ4v) is 1.06. The first-order valence-electron chi connectivity index (χ1n) is 4.85. The summed E-state index contributed by atoms with van der Waals surface area (Å²) in [5, 5.41) is 21.3. The van der Waals surface area contributed by atoms with Crippen molar-refractivity contribution in [3.8, 4) is 0 Å². The molecule has 0 spiro atoms. The van der Waals surface area contributed by atoms with Crippen molar-refractivity contribution in [3.63, 3.8) is 0 Å². The van der Waals surface area contributed by atoms with Gasteiger partial charge in [-0.3, -0.25) is 4.79 Å². The van der Waals surface area contributed by atoms with Crippen LogP contribution >= 0.6 is 0 Å². The third-order valence-corrected chi connectivity index (χ3v) is 1.95. The molecule has 0 aliphatic rings. The van der Waals surface area contributed by atoms with E-state index in [4.69, 9.17) is 10.2 Å². The Bertz CT molecular complexity index is 455. The summed E-state index contributed by atoms with van der Waals surface area (Å²) in [5.41, 5.74) is 2.54. The predicted molar refractivity (Wildman–Crippen MR) is 60.8 cm³/mol. The smallest absolute Gasteiger partial charge is 0.336 e. The second kappa shape index (κ2) is 5.76. The standard InChI is InChI=1S/C11H12N2O4/c1-7(14)10(15)13-12-6-8-4-2-3-5-9(8)11(16)17/h2-7,14H,1H3,(H,13,15)(H,16,17). The number of hydrazone groups is 1. The van der Waals surface area contributed by atoms with Crippen LogP contribution in [0.5, 0.6) is 0 Å². The van der Waals surface area contributed by atoms with E-state index in [0.29, 0.717) is 5.56 Å². The number of carboxylic acids is 1. The van der Waals surface area contributed by atoms with Crippen LogP contribution in [0.15, 0.2) is 29.4 Å². The van der Waals surface area contributed by atoms with E-state index in [1.54, 1.807) is 18.2 Å². The number of aromatic carboxylic acids is 1. The Labute approximate surface area is 97.6 Å². The molecule has 6 heteroatoms. The minimum absolute atomic E-state index is 0.0857. The van der Waals surface area contributed by atoms with Gasteiger partial charge in [0, 0.05) is 5.56 Å². The summed E-state index contributed by atoms with van der Waals surface area (Å²) in [7, 11) is 0. The normalized spacial score (nSPS) is 12.4. The maximum Gasteiger partial charge on any atom is 0.336 e. The molecule has 1 unspecified atom stereocenters. The Morgan fingerprint density at radius 2 is 2.06 bits per heavy atom. The molecule has 3 N–H and O–H groups in total. The van der Waals surface area contributed by atoms with E-state index < -0.39 is 18.0 Å². The zero-order valence-electron chi connectivity index (χ0n) is 9.12. The molecule has 0 radical (unpaired) electrons. The summed E-state index contributed by atoms with van der Waals surface area (Å²) < 4.78 is 0. The Balaban J connectivity index is 2.78. The van der Waals surface area contributed by atoms with Crippen molar-refractivity contribution in [1.82, 2.24) is 5.43 Å². The molecular formula is C11H12N2O4. The maximum atomic E-state index is 11.0. The first kappa shape index (κ1) is 12.9. The SMILES string of the molecule is CC(O)C(=O)NN=Cc1ccccc1C(=O)O. The van der Waals surface area contributed by atoms with Gasteiger partial charge in [0.05, 0.1) is 11.8 Å². The van der Waals surface area contributed by atoms with Crippen molar-refractivity contribution in [2.24, 2.45) is 5.10 Å². The van der Waals surface area contributed by atoms with Gasteiger partial charge in [-0.25, -0.2) is 10.2 Å². The van der Waals surface area contributed by atoms with E-state index in [1.165, 1.54) is 19.2 Å². The first-order chi connectivity index (χ1) is 8.02. The number of carbonyl (C=O) groups excluding carboxylic acids is 1. The van der Waals surface area contributed by atoms with Crippen molar-refractivity contribution >= 4 is 18.1 Å². The molecule has 0 fully saturated rings. The molecule has 1 amide bonds. The lowest BCUT2D eigenvalue weighted by atomic mass is 10.1. The highest BCUT2D eigenvalue weighted by molar-refractivity contribution is 5.98. The average molecular weight is 236 g/mol. The molecule has 0 aliphatic carbocycles. The summed E-state index contributed by atoms with van der Waals surface area (Å²) in [6.07, 6.45) is 0.0471. The number of aliphatic hydroxyl groups is 1. The van der Waals surface area contributed by atoms with Crippen LogP contribution in [0.1, 0.15) is 22.8 Å². The quantitative estimate of drug-likeness (QED) is 0.514. The second-order valence-corrected chi connectivity index (χ2v) is 3.30. The molecule has 1 rings (SSSR count). The van der Waals surface area contributed by atoms with Crippen LogP contribution in [-0.2, 0) is 4.79 Å². The first-order valence-corrected chi connectivity index (χ1v) is 4.85. The minimum Gasteiger partial charge on any atom is -0.478 e. The molecule has 0 aliphatic heterocycles. The average Bonchev–Trinajstić information content (AvgIpc) is 2.29. The number of aliphatic hydroxyl groups excluding tert-OH is 1. The van der Waals surface area contributed by atoms with Gasteiger partial charge in [-0.15, -0.1) is 0 Å². The highest BCUT2D eigenvalue weighted by Gasteiger charge is 2.08. The Morgan fingerprint density at radius 1 is 1.41 bits per heavy atom. The number of carboxylic acid groups (broad SMARTS) is 1. The number of amides is 1. The third-order valence-electron chi connectivity index (χ3n) is 1.95. The summed E-state index contributed by atoms with van der Waals surface area (Å²) in [6, 6.07) is 6.24. The van der Waals surface area contributed by atoms with E-state index in [0.717, 1.165) is 0 Å². The van der Waals surface area contributed by atoms with Gasteiger partial charge in [0.25, 0.3) is 5.91 Å². The van der Waals surface area contributed by atoms with Crippen LogP contribution in [0, 0.1) is 0 Å². The van der Waals surface area contributed by atoms with Crippen LogP contribution in [0.4, 0.5) is 0 Å². The van der Waals surface area contributed by atoms with Gasteiger partial charge in [0.15, 0.2) is 0 Å². The van der Waals surface area contributed by atoms with Gasteiger partial charge < -0.3 is 10.2 Å².